The quantitative estimate of drug-likeness (QED) is 0.866. The van der Waals surface area contributed by atoms with Crippen molar-refractivity contribution in [2.75, 3.05) is 6.54 Å². The van der Waals surface area contributed by atoms with Crippen LogP contribution in [0.4, 0.5) is 0 Å². The van der Waals surface area contributed by atoms with E-state index in [-0.39, 0.29) is 18.0 Å². The molecule has 1 aliphatic rings. The molecule has 3 heterocycles. The zero-order valence-electron chi connectivity index (χ0n) is 14.4. The van der Waals surface area contributed by atoms with Crippen LogP contribution < -0.4 is 0 Å². The lowest BCUT2D eigenvalue weighted by molar-refractivity contribution is 0.0376. The van der Waals surface area contributed by atoms with E-state index in [1.54, 1.807) is 25.2 Å². The Labute approximate surface area is 145 Å². The second-order valence-corrected chi connectivity index (χ2v) is 7.43. The fraction of sp³-hybridized carbons (Fsp3) is 0.444. The number of hydrogen-bond acceptors (Lipinski definition) is 4. The predicted octanol–water partition coefficient (Wildman–Crippen LogP) is 3.46. The van der Waals surface area contributed by atoms with Crippen LogP contribution in [0.3, 0.4) is 0 Å². The molecule has 3 rings (SSSR count). The van der Waals surface area contributed by atoms with Crippen LogP contribution in [0.2, 0.25) is 0 Å². The summed E-state index contributed by atoms with van der Waals surface area (Å²) >= 11 is 1.75. The van der Waals surface area contributed by atoms with Crippen LogP contribution in [0.5, 0.6) is 0 Å². The number of fused-ring (bicyclic) bond motifs is 1. The van der Waals surface area contributed by atoms with Gasteiger partial charge in [0.2, 0.25) is 0 Å². The lowest BCUT2D eigenvalue weighted by atomic mass is 10.1. The van der Waals surface area contributed by atoms with Crippen LogP contribution in [-0.4, -0.2) is 34.4 Å². The predicted molar refractivity (Wildman–Crippen MR) is 93.6 cm³/mol. The highest BCUT2D eigenvalue weighted by Crippen LogP contribution is 2.27. The van der Waals surface area contributed by atoms with E-state index in [0.717, 1.165) is 6.42 Å². The molecular weight excluding hydrogens is 324 g/mol. The standard InChI is InChI=1S/C18H22N2O3S/c1-10(2)23-18(22)15-11(3)16(19-12(15)4)17(21)20-7-5-14-13(9-20)6-8-24-14/h6,8,10,19H,5,7,9H2,1-4H3. The number of thiophene rings is 1. The van der Waals surface area contributed by atoms with Gasteiger partial charge in [-0.1, -0.05) is 0 Å². The maximum atomic E-state index is 12.9. The van der Waals surface area contributed by atoms with Crippen molar-refractivity contribution in [1.82, 2.24) is 9.88 Å². The monoisotopic (exact) mass is 346 g/mol. The molecule has 0 bridgehead atoms. The first kappa shape index (κ1) is 16.8. The van der Waals surface area contributed by atoms with Crippen LogP contribution in [0.25, 0.3) is 0 Å². The Morgan fingerprint density at radius 1 is 1.33 bits per heavy atom. The highest BCUT2D eigenvalue weighted by molar-refractivity contribution is 7.10. The van der Waals surface area contributed by atoms with Crippen molar-refractivity contribution in [3.63, 3.8) is 0 Å². The average molecular weight is 346 g/mol. The Kier molecular flexibility index (Phi) is 4.49. The number of hydrogen-bond donors (Lipinski definition) is 1. The molecule has 0 radical (unpaired) electrons. The molecule has 24 heavy (non-hydrogen) atoms. The van der Waals surface area contributed by atoms with Crippen LogP contribution >= 0.6 is 11.3 Å². The van der Waals surface area contributed by atoms with E-state index < -0.39 is 0 Å². The fourth-order valence-electron chi connectivity index (χ4n) is 3.12. The maximum absolute atomic E-state index is 12.9. The van der Waals surface area contributed by atoms with E-state index in [1.165, 1.54) is 10.4 Å². The van der Waals surface area contributed by atoms with Crippen molar-refractivity contribution in [3.05, 3.63) is 44.4 Å². The molecule has 6 heteroatoms. The topological polar surface area (TPSA) is 62.4 Å². The van der Waals surface area contributed by atoms with Crippen LogP contribution in [0.15, 0.2) is 11.4 Å². The number of esters is 1. The minimum Gasteiger partial charge on any atom is -0.459 e. The number of aromatic nitrogens is 1. The van der Waals surface area contributed by atoms with Crippen molar-refractivity contribution in [1.29, 1.82) is 0 Å². The number of carbonyl (C=O) groups is 2. The molecule has 0 atom stereocenters. The normalized spacial score (nSPS) is 14.0. The molecule has 1 aliphatic heterocycles. The molecule has 1 N–H and O–H groups in total. The average Bonchev–Trinajstić information content (AvgIpc) is 3.09. The fourth-order valence-corrected chi connectivity index (χ4v) is 4.01. The number of carbonyl (C=O) groups excluding carboxylic acids is 2. The molecule has 128 valence electrons. The lowest BCUT2D eigenvalue weighted by Crippen LogP contribution is -2.35. The number of ether oxygens (including phenoxy) is 1. The summed E-state index contributed by atoms with van der Waals surface area (Å²) in [5.74, 6) is -0.440. The highest BCUT2D eigenvalue weighted by atomic mass is 32.1. The van der Waals surface area contributed by atoms with Crippen molar-refractivity contribution >= 4 is 23.2 Å². The van der Waals surface area contributed by atoms with Crippen LogP contribution in [0, 0.1) is 13.8 Å². The van der Waals surface area contributed by atoms with Gasteiger partial charge in [0.05, 0.1) is 11.7 Å². The van der Waals surface area contributed by atoms with Crippen LogP contribution in [0.1, 0.15) is 56.4 Å². The third-order valence-corrected chi connectivity index (χ3v) is 5.32. The van der Waals surface area contributed by atoms with E-state index in [0.29, 0.717) is 35.6 Å². The Hall–Kier alpha value is -2.08. The van der Waals surface area contributed by atoms with Crippen molar-refractivity contribution in [3.8, 4) is 0 Å². The number of aryl methyl sites for hydroxylation is 1. The molecule has 0 saturated carbocycles. The SMILES string of the molecule is Cc1[nH]c(C(=O)N2CCc3sccc3C2)c(C)c1C(=O)OC(C)C. The van der Waals surface area contributed by atoms with Crippen molar-refractivity contribution in [2.24, 2.45) is 0 Å². The van der Waals surface area contributed by atoms with E-state index >= 15 is 0 Å². The number of aromatic amines is 1. The molecule has 0 fully saturated rings. The highest BCUT2D eigenvalue weighted by Gasteiger charge is 2.28. The van der Waals surface area contributed by atoms with E-state index in [9.17, 15) is 9.59 Å². The van der Waals surface area contributed by atoms with Crippen molar-refractivity contribution in [2.45, 2.75) is 46.8 Å². The zero-order chi connectivity index (χ0) is 17.4. The summed E-state index contributed by atoms with van der Waals surface area (Å²) in [6.45, 7) is 8.55. The first-order chi connectivity index (χ1) is 11.4. The lowest BCUT2D eigenvalue weighted by Gasteiger charge is -2.26. The molecule has 5 nitrogen and oxygen atoms in total. The third-order valence-electron chi connectivity index (χ3n) is 4.29. The largest absolute Gasteiger partial charge is 0.459 e. The summed E-state index contributed by atoms with van der Waals surface area (Å²) in [6, 6.07) is 2.08. The van der Waals surface area contributed by atoms with Crippen molar-refractivity contribution < 1.29 is 14.3 Å². The molecule has 0 saturated heterocycles. The summed E-state index contributed by atoms with van der Waals surface area (Å²) in [4.78, 5) is 31.5. The number of nitrogens with zero attached hydrogens (tertiary/aromatic N) is 1. The Balaban J connectivity index is 1.85. The Morgan fingerprint density at radius 3 is 2.79 bits per heavy atom. The second-order valence-electron chi connectivity index (χ2n) is 6.42. The van der Waals surface area contributed by atoms with Gasteiger partial charge in [0, 0.05) is 23.7 Å². The molecule has 0 spiro atoms. The van der Waals surface area contributed by atoms with Gasteiger partial charge in [0.25, 0.3) is 5.91 Å². The second kappa shape index (κ2) is 6.43. The molecule has 1 amide bonds. The first-order valence-corrected chi connectivity index (χ1v) is 9.01. The summed E-state index contributed by atoms with van der Waals surface area (Å²) < 4.78 is 5.29. The molecule has 2 aromatic rings. The number of rotatable bonds is 3. The van der Waals surface area contributed by atoms with Gasteiger partial charge in [0.15, 0.2) is 0 Å². The molecule has 2 aromatic heterocycles. The van der Waals surface area contributed by atoms with Gasteiger partial charge in [-0.3, -0.25) is 4.79 Å². The first-order valence-electron chi connectivity index (χ1n) is 8.13. The van der Waals surface area contributed by atoms with Gasteiger partial charge in [-0.25, -0.2) is 4.79 Å². The summed E-state index contributed by atoms with van der Waals surface area (Å²) in [5, 5.41) is 2.07. The molecular formula is C18H22N2O3S. The molecule has 0 unspecified atom stereocenters. The van der Waals surface area contributed by atoms with E-state index in [4.69, 9.17) is 4.74 Å². The minimum atomic E-state index is -0.380. The number of H-pyrrole nitrogens is 1. The van der Waals surface area contributed by atoms with Gasteiger partial charge in [-0.05, 0) is 56.7 Å². The summed E-state index contributed by atoms with van der Waals surface area (Å²) in [7, 11) is 0. The molecule has 0 aliphatic carbocycles. The zero-order valence-corrected chi connectivity index (χ0v) is 15.3. The summed E-state index contributed by atoms with van der Waals surface area (Å²) in [5.41, 5.74) is 3.52. The third kappa shape index (κ3) is 2.98. The number of nitrogens with one attached hydrogen (secondary N) is 1. The Bertz CT molecular complexity index is 788. The van der Waals surface area contributed by atoms with E-state index in [1.807, 2.05) is 18.7 Å². The maximum Gasteiger partial charge on any atom is 0.340 e. The van der Waals surface area contributed by atoms with Gasteiger partial charge < -0.3 is 14.6 Å². The minimum absolute atomic E-state index is 0.0592. The van der Waals surface area contributed by atoms with Gasteiger partial charge in [0.1, 0.15) is 5.69 Å². The van der Waals surface area contributed by atoms with Gasteiger partial charge in [-0.15, -0.1) is 11.3 Å². The summed E-state index contributed by atoms with van der Waals surface area (Å²) in [6.07, 6.45) is 0.698. The van der Waals surface area contributed by atoms with Gasteiger partial charge in [-0.2, -0.15) is 0 Å². The smallest absolute Gasteiger partial charge is 0.340 e. The van der Waals surface area contributed by atoms with E-state index in [2.05, 4.69) is 16.4 Å². The van der Waals surface area contributed by atoms with Crippen LogP contribution in [-0.2, 0) is 17.7 Å². The van der Waals surface area contributed by atoms with Gasteiger partial charge >= 0.3 is 5.97 Å². The Morgan fingerprint density at radius 2 is 2.08 bits per heavy atom. The number of amides is 1. The molecule has 0 aromatic carbocycles.